The summed E-state index contributed by atoms with van der Waals surface area (Å²) >= 11 is 0. The highest BCUT2D eigenvalue weighted by Gasteiger charge is 2.10. The van der Waals surface area contributed by atoms with Crippen LogP contribution in [0.3, 0.4) is 0 Å². The molecule has 2 aromatic rings. The van der Waals surface area contributed by atoms with Gasteiger partial charge in [-0.05, 0) is 31.1 Å². The summed E-state index contributed by atoms with van der Waals surface area (Å²) in [6.07, 6.45) is 2.91. The standard InChI is InChI=1S/C13H13N3/c1-8-5-11(7-14-8)10-3-4-12-9(2)15-16-13(12)6-10/h3-4,6-7H,5H2,1-2H3,(H,15,16). The number of rotatable bonds is 1. The molecule has 3 rings (SSSR count). The van der Waals surface area contributed by atoms with Crippen molar-refractivity contribution < 1.29 is 0 Å². The SMILES string of the molecule is CC1=NC=C(c2ccc3c(C)[nH]nc3c2)C1. The number of H-pyrrole nitrogens is 1. The molecule has 0 radical (unpaired) electrons. The molecule has 16 heavy (non-hydrogen) atoms. The Labute approximate surface area is 93.9 Å². The Kier molecular flexibility index (Phi) is 1.93. The van der Waals surface area contributed by atoms with Gasteiger partial charge in [0.2, 0.25) is 0 Å². The van der Waals surface area contributed by atoms with Crippen LogP contribution in [0.25, 0.3) is 16.5 Å². The Bertz CT molecular complexity index is 617. The molecule has 3 heteroatoms. The van der Waals surface area contributed by atoms with Crippen LogP contribution in [0.15, 0.2) is 29.4 Å². The van der Waals surface area contributed by atoms with E-state index in [1.165, 1.54) is 22.2 Å². The van der Waals surface area contributed by atoms with E-state index >= 15 is 0 Å². The highest BCUT2D eigenvalue weighted by atomic mass is 15.1. The molecule has 0 spiro atoms. The third-order valence-corrected chi connectivity index (χ3v) is 3.00. The van der Waals surface area contributed by atoms with Gasteiger partial charge in [-0.25, -0.2) is 0 Å². The third-order valence-electron chi connectivity index (χ3n) is 3.00. The van der Waals surface area contributed by atoms with Crippen LogP contribution >= 0.6 is 0 Å². The second-order valence-electron chi connectivity index (χ2n) is 4.28. The Morgan fingerprint density at radius 1 is 1.25 bits per heavy atom. The number of hydrogen-bond donors (Lipinski definition) is 1. The van der Waals surface area contributed by atoms with Crippen molar-refractivity contribution >= 4 is 22.2 Å². The molecular weight excluding hydrogens is 198 g/mol. The maximum atomic E-state index is 4.31. The average Bonchev–Trinajstić information content (AvgIpc) is 2.86. The number of aromatic nitrogens is 2. The van der Waals surface area contributed by atoms with Gasteiger partial charge in [-0.1, -0.05) is 12.1 Å². The summed E-state index contributed by atoms with van der Waals surface area (Å²) in [4.78, 5) is 4.31. The fourth-order valence-corrected chi connectivity index (χ4v) is 2.08. The molecule has 0 fully saturated rings. The minimum absolute atomic E-state index is 0.953. The summed E-state index contributed by atoms with van der Waals surface area (Å²) in [5.74, 6) is 0. The van der Waals surface area contributed by atoms with E-state index in [4.69, 9.17) is 0 Å². The molecule has 1 aromatic heterocycles. The topological polar surface area (TPSA) is 41.0 Å². The number of nitrogens with one attached hydrogen (secondary N) is 1. The fraction of sp³-hybridized carbons (Fsp3) is 0.231. The molecule has 2 heterocycles. The fourth-order valence-electron chi connectivity index (χ4n) is 2.08. The zero-order valence-electron chi connectivity index (χ0n) is 9.41. The molecule has 0 bridgehead atoms. The minimum atomic E-state index is 0.953. The second kappa shape index (κ2) is 3.30. The van der Waals surface area contributed by atoms with E-state index in [2.05, 4.69) is 40.3 Å². The molecule has 0 aliphatic carbocycles. The van der Waals surface area contributed by atoms with E-state index in [1.807, 2.05) is 13.1 Å². The molecule has 1 aliphatic heterocycles. The summed E-state index contributed by atoms with van der Waals surface area (Å²) < 4.78 is 0. The minimum Gasteiger partial charge on any atom is -0.282 e. The molecule has 0 atom stereocenters. The van der Waals surface area contributed by atoms with Gasteiger partial charge in [-0.2, -0.15) is 5.10 Å². The van der Waals surface area contributed by atoms with Gasteiger partial charge in [0.15, 0.2) is 0 Å². The van der Waals surface area contributed by atoms with Gasteiger partial charge in [0.25, 0.3) is 0 Å². The van der Waals surface area contributed by atoms with Crippen molar-refractivity contribution in [3.8, 4) is 0 Å². The van der Waals surface area contributed by atoms with Gasteiger partial charge >= 0.3 is 0 Å². The lowest BCUT2D eigenvalue weighted by Gasteiger charge is -2.01. The first kappa shape index (κ1) is 9.33. The van der Waals surface area contributed by atoms with Crippen LogP contribution in [-0.4, -0.2) is 15.9 Å². The number of aromatic amines is 1. The number of aryl methyl sites for hydroxylation is 1. The van der Waals surface area contributed by atoms with Crippen molar-refractivity contribution in [3.63, 3.8) is 0 Å². The molecule has 1 N–H and O–H groups in total. The first-order valence-corrected chi connectivity index (χ1v) is 5.41. The second-order valence-corrected chi connectivity index (χ2v) is 4.28. The predicted molar refractivity (Wildman–Crippen MR) is 66.5 cm³/mol. The summed E-state index contributed by atoms with van der Waals surface area (Å²) in [5.41, 5.74) is 5.82. The monoisotopic (exact) mass is 211 g/mol. The van der Waals surface area contributed by atoms with Gasteiger partial charge in [-0.3, -0.25) is 10.1 Å². The van der Waals surface area contributed by atoms with E-state index in [9.17, 15) is 0 Å². The largest absolute Gasteiger partial charge is 0.282 e. The number of nitrogens with zero attached hydrogens (tertiary/aromatic N) is 2. The molecule has 0 saturated carbocycles. The molecule has 80 valence electrons. The van der Waals surface area contributed by atoms with Gasteiger partial charge in [0.05, 0.1) is 5.52 Å². The van der Waals surface area contributed by atoms with E-state index in [-0.39, 0.29) is 0 Å². The van der Waals surface area contributed by atoms with Gasteiger partial charge in [0.1, 0.15) is 0 Å². The van der Waals surface area contributed by atoms with Crippen LogP contribution in [0.2, 0.25) is 0 Å². The third kappa shape index (κ3) is 1.36. The zero-order chi connectivity index (χ0) is 11.1. The van der Waals surface area contributed by atoms with Crippen LogP contribution in [0.4, 0.5) is 0 Å². The van der Waals surface area contributed by atoms with Crippen LogP contribution in [0.1, 0.15) is 24.6 Å². The summed E-state index contributed by atoms with van der Waals surface area (Å²) in [5, 5.41) is 8.48. The first-order chi connectivity index (χ1) is 7.74. The van der Waals surface area contributed by atoms with E-state index in [0.29, 0.717) is 0 Å². The smallest absolute Gasteiger partial charge is 0.0929 e. The first-order valence-electron chi connectivity index (χ1n) is 5.41. The van der Waals surface area contributed by atoms with Crippen molar-refractivity contribution in [2.75, 3.05) is 0 Å². The van der Waals surface area contributed by atoms with Gasteiger partial charge in [-0.15, -0.1) is 0 Å². The molecule has 0 amide bonds. The normalized spacial score (nSPS) is 15.4. The Hall–Kier alpha value is -1.90. The van der Waals surface area contributed by atoms with E-state index in [0.717, 1.165) is 17.6 Å². The summed E-state index contributed by atoms with van der Waals surface area (Å²) in [7, 11) is 0. The van der Waals surface area contributed by atoms with Crippen LogP contribution in [0.5, 0.6) is 0 Å². The Morgan fingerprint density at radius 3 is 2.88 bits per heavy atom. The molecular formula is C13H13N3. The Morgan fingerprint density at radius 2 is 2.12 bits per heavy atom. The van der Waals surface area contributed by atoms with E-state index in [1.54, 1.807) is 0 Å². The van der Waals surface area contributed by atoms with Gasteiger partial charge in [0, 0.05) is 29.4 Å². The number of aliphatic imine (C=N–C) groups is 1. The number of allylic oxidation sites excluding steroid dienone is 1. The number of benzene rings is 1. The Balaban J connectivity index is 2.07. The maximum absolute atomic E-state index is 4.31. The lowest BCUT2D eigenvalue weighted by molar-refractivity contribution is 1.07. The molecule has 0 unspecified atom stereocenters. The lowest BCUT2D eigenvalue weighted by atomic mass is 10.0. The quantitative estimate of drug-likeness (QED) is 0.773. The maximum Gasteiger partial charge on any atom is 0.0929 e. The zero-order valence-corrected chi connectivity index (χ0v) is 9.41. The van der Waals surface area contributed by atoms with E-state index < -0.39 is 0 Å². The van der Waals surface area contributed by atoms with Crippen molar-refractivity contribution in [1.29, 1.82) is 0 Å². The molecule has 3 nitrogen and oxygen atoms in total. The average molecular weight is 211 g/mol. The van der Waals surface area contributed by atoms with Crippen LogP contribution in [0, 0.1) is 6.92 Å². The molecule has 1 aromatic carbocycles. The lowest BCUT2D eigenvalue weighted by Crippen LogP contribution is -1.88. The van der Waals surface area contributed by atoms with Crippen molar-refractivity contribution in [3.05, 3.63) is 35.7 Å². The number of hydrogen-bond acceptors (Lipinski definition) is 2. The molecule has 0 saturated heterocycles. The summed E-state index contributed by atoms with van der Waals surface area (Å²) in [6.45, 7) is 4.10. The van der Waals surface area contributed by atoms with Crippen LogP contribution in [-0.2, 0) is 0 Å². The van der Waals surface area contributed by atoms with Crippen molar-refractivity contribution in [2.24, 2.45) is 4.99 Å². The van der Waals surface area contributed by atoms with Crippen molar-refractivity contribution in [1.82, 2.24) is 10.2 Å². The number of fused-ring (bicyclic) bond motifs is 1. The highest BCUT2D eigenvalue weighted by molar-refractivity contribution is 5.98. The van der Waals surface area contributed by atoms with Gasteiger partial charge < -0.3 is 0 Å². The summed E-state index contributed by atoms with van der Waals surface area (Å²) in [6, 6.07) is 6.39. The highest BCUT2D eigenvalue weighted by Crippen LogP contribution is 2.26. The molecule has 1 aliphatic rings. The predicted octanol–water partition coefficient (Wildman–Crippen LogP) is 3.08. The van der Waals surface area contributed by atoms with Crippen molar-refractivity contribution in [2.45, 2.75) is 20.3 Å². The van der Waals surface area contributed by atoms with Crippen LogP contribution < -0.4 is 0 Å².